The number of fused-ring (bicyclic) bond motifs is 7. The molecule has 0 radical (unpaired) electrons. The topological polar surface area (TPSA) is 56.7 Å². The first-order chi connectivity index (χ1) is 33.7. The highest BCUT2D eigenvalue weighted by Crippen LogP contribution is 2.44. The van der Waals surface area contributed by atoms with Gasteiger partial charge < -0.3 is 8.98 Å². The molecule has 1 aliphatic carbocycles. The molecule has 0 fully saturated rings. The summed E-state index contributed by atoms with van der Waals surface area (Å²) < 4.78 is 9.41. The third-order valence-electron chi connectivity index (χ3n) is 13.3. The highest BCUT2D eigenvalue weighted by Gasteiger charge is 2.23. The van der Waals surface area contributed by atoms with Crippen molar-refractivity contribution in [1.82, 2.24) is 19.5 Å². The molecule has 0 N–H and O–H groups in total. The van der Waals surface area contributed by atoms with Crippen molar-refractivity contribution in [3.05, 3.63) is 237 Å². The third kappa shape index (κ3) is 6.92. The van der Waals surface area contributed by atoms with Crippen LogP contribution in [0.2, 0.25) is 0 Å². The molecule has 1 aliphatic rings. The lowest BCUT2D eigenvalue weighted by Crippen LogP contribution is -2.06. The zero-order valence-electron chi connectivity index (χ0n) is 37.0. The van der Waals surface area contributed by atoms with E-state index in [9.17, 15) is 0 Å². The smallest absolute Gasteiger partial charge is 0.164 e. The van der Waals surface area contributed by atoms with Crippen LogP contribution in [-0.4, -0.2) is 19.5 Å². The quantitative estimate of drug-likeness (QED) is 0.153. The van der Waals surface area contributed by atoms with Crippen LogP contribution < -0.4 is 0 Å². The Balaban J connectivity index is 1.04. The highest BCUT2D eigenvalue weighted by molar-refractivity contribution is 6.21. The van der Waals surface area contributed by atoms with Gasteiger partial charge in [0.25, 0.3) is 0 Å². The first-order valence-corrected chi connectivity index (χ1v) is 23.2. The van der Waals surface area contributed by atoms with Crippen molar-refractivity contribution in [1.29, 1.82) is 0 Å². The fourth-order valence-electron chi connectivity index (χ4n) is 10.1. The monoisotopic (exact) mass is 870 g/mol. The molecule has 13 rings (SSSR count). The minimum absolute atomic E-state index is 0.178. The van der Waals surface area contributed by atoms with Crippen molar-refractivity contribution in [2.75, 3.05) is 0 Å². The van der Waals surface area contributed by atoms with Gasteiger partial charge in [0.15, 0.2) is 23.1 Å². The second kappa shape index (κ2) is 16.5. The van der Waals surface area contributed by atoms with Crippen LogP contribution in [0.25, 0.3) is 122 Å². The van der Waals surface area contributed by atoms with E-state index in [1.807, 2.05) is 36.4 Å². The number of hydrogen-bond donors (Lipinski definition) is 0. The summed E-state index contributed by atoms with van der Waals surface area (Å²) in [6.07, 6.45) is 9.76. The molecular weight excluding hydrogens is 829 g/mol. The van der Waals surface area contributed by atoms with Crippen molar-refractivity contribution in [3.8, 4) is 78.7 Å². The molecule has 68 heavy (non-hydrogen) atoms. The number of hydrogen-bond acceptors (Lipinski definition) is 4. The molecule has 1 unspecified atom stereocenters. The van der Waals surface area contributed by atoms with Crippen molar-refractivity contribution in [3.63, 3.8) is 0 Å². The molecule has 320 valence electrons. The molecule has 9 aromatic carbocycles. The van der Waals surface area contributed by atoms with E-state index in [1.165, 1.54) is 16.3 Å². The second-order valence-electron chi connectivity index (χ2n) is 17.5. The molecule has 5 nitrogen and oxygen atoms in total. The molecule has 0 bridgehead atoms. The molecule has 3 aromatic heterocycles. The molecule has 12 aromatic rings. The van der Waals surface area contributed by atoms with Crippen LogP contribution in [-0.2, 0) is 0 Å². The Labute approximate surface area is 393 Å². The van der Waals surface area contributed by atoms with E-state index in [4.69, 9.17) is 19.4 Å². The van der Waals surface area contributed by atoms with Crippen LogP contribution in [0.1, 0.15) is 12.5 Å². The van der Waals surface area contributed by atoms with Crippen LogP contribution >= 0.6 is 0 Å². The predicted molar refractivity (Wildman–Crippen MR) is 280 cm³/mol. The Bertz CT molecular complexity index is 3810. The van der Waals surface area contributed by atoms with E-state index in [0.29, 0.717) is 17.5 Å². The number of rotatable bonds is 8. The van der Waals surface area contributed by atoms with Gasteiger partial charge in [-0.15, -0.1) is 0 Å². The number of furan rings is 1. The summed E-state index contributed by atoms with van der Waals surface area (Å²) in [5.74, 6) is 1.82. The maximum Gasteiger partial charge on any atom is 0.164 e. The van der Waals surface area contributed by atoms with Crippen molar-refractivity contribution >= 4 is 43.7 Å². The van der Waals surface area contributed by atoms with Gasteiger partial charge in [-0.3, -0.25) is 0 Å². The Kier molecular flexibility index (Phi) is 9.57. The van der Waals surface area contributed by atoms with Gasteiger partial charge in [-0.05, 0) is 99.5 Å². The lowest BCUT2D eigenvalue weighted by Gasteiger charge is -2.18. The fraction of sp³-hybridized carbons (Fsp3) is 0.0317. The van der Waals surface area contributed by atoms with Gasteiger partial charge in [-0.2, -0.15) is 0 Å². The fourth-order valence-corrected chi connectivity index (χ4v) is 10.1. The molecule has 0 saturated heterocycles. The number of benzene rings is 9. The average Bonchev–Trinajstić information content (AvgIpc) is 3.97. The van der Waals surface area contributed by atoms with Crippen molar-refractivity contribution in [2.45, 2.75) is 12.5 Å². The summed E-state index contributed by atoms with van der Waals surface area (Å²) in [5.41, 5.74) is 15.6. The zero-order valence-corrected chi connectivity index (χ0v) is 37.0. The van der Waals surface area contributed by atoms with Gasteiger partial charge >= 0.3 is 0 Å². The second-order valence-corrected chi connectivity index (χ2v) is 17.5. The number of para-hydroxylation sites is 1. The third-order valence-corrected chi connectivity index (χ3v) is 13.3. The summed E-state index contributed by atoms with van der Waals surface area (Å²) >= 11 is 0. The SMILES string of the molecule is C1=CCC(n2c3ccccc3c3ccc4c5cc(-c6ccc(-c7cc(-c8ccccc8)cc(-c8ccccc8)c7)cc6-c6nc(-c7ccccc7)nc(-c7ccccc7)n6)ccc5oc4c32)C=C1. The first-order valence-electron chi connectivity index (χ1n) is 23.2. The largest absolute Gasteiger partial charge is 0.454 e. The minimum atomic E-state index is 0.178. The molecule has 0 amide bonds. The van der Waals surface area contributed by atoms with E-state index in [0.717, 1.165) is 95.1 Å². The summed E-state index contributed by atoms with van der Waals surface area (Å²) in [6.45, 7) is 0. The molecule has 0 aliphatic heterocycles. The van der Waals surface area contributed by atoms with Gasteiger partial charge in [0.2, 0.25) is 0 Å². The lowest BCUT2D eigenvalue weighted by atomic mass is 9.90. The maximum atomic E-state index is 6.94. The Morgan fingerprint density at radius 2 is 0.941 bits per heavy atom. The van der Waals surface area contributed by atoms with E-state index in [-0.39, 0.29) is 6.04 Å². The molecule has 1 atom stereocenters. The average molecular weight is 871 g/mol. The molecular formula is C63H42N4O. The van der Waals surface area contributed by atoms with Crippen molar-refractivity contribution < 1.29 is 4.42 Å². The minimum Gasteiger partial charge on any atom is -0.454 e. The maximum absolute atomic E-state index is 6.94. The normalized spacial score (nSPS) is 13.6. The Hall–Kier alpha value is -8.93. The molecule has 0 saturated carbocycles. The standard InChI is InChI=1S/C63H42N4O/c1-6-18-41(19-7-1)47-36-48(42-20-8-2-9-21-42)38-49(37-47)45-30-32-51(56(39-45)63-65-61(43-22-10-3-11-23-43)64-62(66-63)44-24-12-4-13-25-44)46-31-35-58-55(40-46)54-34-33-53-52-28-16-17-29-57(52)67(59(53)60(54)68-58)50-26-14-5-15-27-50/h1-26,28-40,50H,27H2. The number of nitrogens with zero attached hydrogens (tertiary/aromatic N) is 4. The zero-order chi connectivity index (χ0) is 45.0. The van der Waals surface area contributed by atoms with Gasteiger partial charge in [0.05, 0.1) is 11.6 Å². The number of aromatic nitrogens is 4. The van der Waals surface area contributed by atoms with Gasteiger partial charge in [-0.1, -0.05) is 188 Å². The lowest BCUT2D eigenvalue weighted by molar-refractivity contribution is 0.635. The van der Waals surface area contributed by atoms with Crippen LogP contribution in [0.15, 0.2) is 241 Å². The molecule has 5 heteroatoms. The van der Waals surface area contributed by atoms with Gasteiger partial charge in [0, 0.05) is 43.8 Å². The van der Waals surface area contributed by atoms with Crippen LogP contribution in [0.3, 0.4) is 0 Å². The molecule has 0 spiro atoms. The Morgan fingerprint density at radius 3 is 1.57 bits per heavy atom. The highest BCUT2D eigenvalue weighted by atomic mass is 16.3. The van der Waals surface area contributed by atoms with E-state index >= 15 is 0 Å². The summed E-state index contributed by atoms with van der Waals surface area (Å²) in [6, 6.07) is 75.2. The van der Waals surface area contributed by atoms with E-state index < -0.39 is 0 Å². The van der Waals surface area contributed by atoms with Crippen LogP contribution in [0.5, 0.6) is 0 Å². The first kappa shape index (κ1) is 39.4. The van der Waals surface area contributed by atoms with Crippen LogP contribution in [0.4, 0.5) is 0 Å². The van der Waals surface area contributed by atoms with Gasteiger partial charge in [-0.25, -0.2) is 15.0 Å². The predicted octanol–water partition coefficient (Wildman–Crippen LogP) is 16.6. The number of allylic oxidation sites excluding steroid dienone is 4. The van der Waals surface area contributed by atoms with E-state index in [2.05, 4.69) is 205 Å². The van der Waals surface area contributed by atoms with E-state index in [1.54, 1.807) is 0 Å². The summed E-state index contributed by atoms with van der Waals surface area (Å²) in [7, 11) is 0. The summed E-state index contributed by atoms with van der Waals surface area (Å²) in [4.78, 5) is 15.7. The Morgan fingerprint density at radius 1 is 0.382 bits per heavy atom. The van der Waals surface area contributed by atoms with Gasteiger partial charge in [0.1, 0.15) is 5.58 Å². The molecule has 3 heterocycles. The van der Waals surface area contributed by atoms with Crippen LogP contribution in [0, 0.1) is 0 Å². The van der Waals surface area contributed by atoms with Crippen molar-refractivity contribution in [2.24, 2.45) is 0 Å². The summed E-state index contributed by atoms with van der Waals surface area (Å²) in [5, 5.41) is 4.55.